The van der Waals surface area contributed by atoms with E-state index in [9.17, 15) is 28.4 Å². The van der Waals surface area contributed by atoms with E-state index in [0.29, 0.717) is 51.2 Å². The van der Waals surface area contributed by atoms with Gasteiger partial charge in [0.25, 0.3) is 5.91 Å². The Balaban J connectivity index is 0.000000145. The van der Waals surface area contributed by atoms with E-state index in [2.05, 4.69) is 195 Å². The summed E-state index contributed by atoms with van der Waals surface area (Å²) in [6, 6.07) is 86.9. The van der Waals surface area contributed by atoms with Crippen LogP contribution in [-0.2, 0) is 19.5 Å². The average molecular weight is 1970 g/mol. The van der Waals surface area contributed by atoms with Crippen LogP contribution in [0.4, 0.5) is 4.39 Å². The topological polar surface area (TPSA) is 427 Å². The third-order valence-electron chi connectivity index (χ3n) is 19.5. The summed E-state index contributed by atoms with van der Waals surface area (Å²) in [7, 11) is 0. The van der Waals surface area contributed by atoms with Gasteiger partial charge in [-0.1, -0.05) is 159 Å². The highest BCUT2D eigenvalue weighted by molar-refractivity contribution is 7.82. The van der Waals surface area contributed by atoms with Crippen molar-refractivity contribution in [2.75, 3.05) is 0 Å². The summed E-state index contributed by atoms with van der Waals surface area (Å²) in [5, 5.41) is 52.8. The summed E-state index contributed by atoms with van der Waals surface area (Å²) < 4.78 is 13.1. The largest absolute Gasteiger partial charge is 0.478 e. The molecule has 10 aromatic carbocycles. The van der Waals surface area contributed by atoms with Crippen LogP contribution in [0.5, 0.6) is 0 Å². The van der Waals surface area contributed by atoms with Crippen LogP contribution in [0.1, 0.15) is 93.6 Å². The zero-order valence-electron chi connectivity index (χ0n) is 71.7. The number of rotatable bonds is 9. The van der Waals surface area contributed by atoms with E-state index in [-0.39, 0.29) is 28.0 Å². The van der Waals surface area contributed by atoms with E-state index in [4.69, 9.17) is 48.8 Å². The van der Waals surface area contributed by atoms with Crippen LogP contribution in [-0.4, -0.2) is 94.9 Å². The number of nitrogens with two attached hydrogens (primary N) is 4. The van der Waals surface area contributed by atoms with Crippen LogP contribution in [0.15, 0.2) is 348 Å². The van der Waals surface area contributed by atoms with Crippen LogP contribution < -0.4 is 22.9 Å². The second-order valence-corrected chi connectivity index (χ2v) is 33.2. The van der Waals surface area contributed by atoms with Crippen molar-refractivity contribution < 1.29 is 43.7 Å². The zero-order chi connectivity index (χ0) is 97.6. The molecule has 0 aliphatic rings. The van der Waals surface area contributed by atoms with Gasteiger partial charge in [0.15, 0.2) is 0 Å². The molecule has 0 bridgehead atoms. The number of fused-ring (bicyclic) bond motifs is 10. The fourth-order valence-corrected chi connectivity index (χ4v) is 15.3. The number of carboxylic acids is 3. The highest BCUT2D eigenvalue weighted by Crippen LogP contribution is 2.29. The first kappa shape index (κ1) is 102. The molecule has 136 heavy (non-hydrogen) atoms. The van der Waals surface area contributed by atoms with Crippen molar-refractivity contribution in [1.29, 1.82) is 10.5 Å². The Morgan fingerprint density at radius 1 is 0.316 bits per heavy atom. The molecule has 0 saturated heterocycles. The molecule has 20 aromatic rings. The predicted octanol–water partition coefficient (Wildman–Crippen LogP) is 22.0. The number of hydrogen-bond acceptors (Lipinski definition) is 28. The third-order valence-corrected chi connectivity index (χ3v) is 22.8. The number of pyridine rings is 10. The van der Waals surface area contributed by atoms with Crippen LogP contribution in [0.2, 0.25) is 0 Å². The Morgan fingerprint density at radius 3 is 1.04 bits per heavy atom. The molecule has 10 aromatic heterocycles. The minimum Gasteiger partial charge on any atom is -0.478 e. The van der Waals surface area contributed by atoms with Gasteiger partial charge in [0.05, 0.1) is 77.6 Å². The summed E-state index contributed by atoms with van der Waals surface area (Å²) in [5.41, 5.74) is 33.9. The van der Waals surface area contributed by atoms with Crippen molar-refractivity contribution in [2.45, 2.75) is 76.9 Å². The average Bonchev–Trinajstić information content (AvgIpc) is 0.818. The molecule has 11 N–H and O–H groups in total. The van der Waals surface area contributed by atoms with Crippen molar-refractivity contribution in [1.82, 2.24) is 49.8 Å². The molecule has 20 rings (SSSR count). The second kappa shape index (κ2) is 49.6. The Hall–Kier alpha value is -14.4. The van der Waals surface area contributed by atoms with Gasteiger partial charge in [-0.2, -0.15) is 10.5 Å². The summed E-state index contributed by atoms with van der Waals surface area (Å²) >= 11 is 38.5. The number of amides is 2. The molecule has 10 heterocycles. The van der Waals surface area contributed by atoms with Gasteiger partial charge in [-0.05, 0) is 139 Å². The SMILES string of the molecule is CCCc1ccc2cccc(S)c2n1.N#Cc1ccc2cccc(S)c2n1.N#Cc1cnc2c(S)cccc2c1.NC(=O)c1ccc2cccc(S)c2n1.NC(=O)c1cnc2c(S)cccc2c1.NCc1ccc2cccc(S)c2n1.NCc1cnc2c(S)cccc2c1.O=C(O)c1ccc2cccc(S)c2n1.O=C(O)c1cnc2c(F)cccc2c1.O=C(O)c1cnc2c(S)cccc2c1. The van der Waals surface area contributed by atoms with E-state index in [0.717, 1.165) is 162 Å². The molecule has 34 heteroatoms. The molecule has 678 valence electrons. The van der Waals surface area contributed by atoms with Gasteiger partial charge in [-0.3, -0.25) is 44.5 Å². The molecule has 0 aliphatic heterocycles. The van der Waals surface area contributed by atoms with E-state index >= 15 is 0 Å². The first-order valence-corrected chi connectivity index (χ1v) is 44.7. The molecule has 0 unspecified atom stereocenters. The lowest BCUT2D eigenvalue weighted by Gasteiger charge is -2.03. The number of aromatic nitrogens is 10. The normalized spacial score (nSPS) is 10.3. The number of nitrogens with zero attached hydrogens (tertiary/aromatic N) is 12. The monoisotopic (exact) mass is 1960 g/mol. The number of para-hydroxylation sites is 10. The minimum atomic E-state index is -1.07. The second-order valence-electron chi connectivity index (χ2n) is 28.9. The highest BCUT2D eigenvalue weighted by atomic mass is 32.1. The standard InChI is InChI=1S/C12H13NS.C10H6FNO2.2C10H8N2OS.C10H10N2S.C10H6N2S.C10H10N2S.C10H6N2S.2C10H7NO2S/c1-2-4-10-8-7-9-5-3-6-11(14)12(9)13-10;11-8-3-1-2-6-4-7(10(13)14)5-12-9(6)8;11-10(13)7-4-6-2-1-3-8(14)9(6)12-5-7;11-10(13)7-5-4-6-2-1-3-8(14)9(6)12-7;2*11-5-7-4-8-2-1-3-9(13)10(8)12-6-7;2*11-6-8-5-4-7-2-1-3-9(13)10(7)12-8;12-10(13)7-4-6-2-1-3-8(14)9(6)11-5-7;12-10(13)7-5-4-6-2-1-3-8(14)9(6)11-7/h3,5-8,14H,2,4H2,1H3;1-5H,(H,13,14);2*1-5,14H,(H2,11,13);1-4,6,13H,5,11H2;1-4,6,13H;1-5,13H,6,11H2;1-5,13H;2*1-5,14H,(H,12,13). The molecule has 0 fully saturated rings. The number of carboxylic acid groups (broad SMARTS) is 3. The van der Waals surface area contributed by atoms with Gasteiger partial charge in [-0.15, -0.1) is 114 Å². The van der Waals surface area contributed by atoms with E-state index in [1.165, 1.54) is 36.7 Å². The number of primary amides is 2. The van der Waals surface area contributed by atoms with Crippen LogP contribution in [0.3, 0.4) is 0 Å². The lowest BCUT2D eigenvalue weighted by Crippen LogP contribution is -2.12. The summed E-state index contributed by atoms with van der Waals surface area (Å²) in [6.45, 7) is 3.16. The van der Waals surface area contributed by atoms with Crippen LogP contribution in [0, 0.1) is 28.5 Å². The molecular formula is C102H81FN16O8S9. The van der Waals surface area contributed by atoms with Gasteiger partial charge in [0.2, 0.25) is 5.91 Å². The van der Waals surface area contributed by atoms with Crippen molar-refractivity contribution in [3.63, 3.8) is 0 Å². The van der Waals surface area contributed by atoms with Crippen molar-refractivity contribution in [2.24, 2.45) is 22.9 Å². The maximum atomic E-state index is 13.1. The molecule has 0 radical (unpaired) electrons. The van der Waals surface area contributed by atoms with Gasteiger partial charge in [0.1, 0.15) is 40.6 Å². The zero-order valence-corrected chi connectivity index (χ0v) is 79.7. The van der Waals surface area contributed by atoms with Crippen LogP contribution in [0.25, 0.3) is 109 Å². The van der Waals surface area contributed by atoms with E-state index < -0.39 is 35.5 Å². The first-order chi connectivity index (χ1) is 65.5. The van der Waals surface area contributed by atoms with Crippen LogP contribution >= 0.6 is 114 Å². The number of aromatic carboxylic acids is 3. The summed E-state index contributed by atoms with van der Waals surface area (Å²) in [4.78, 5) is 103. The molecule has 0 spiro atoms. The fraction of sp³-hybridized carbons (Fsp3) is 0.0490. The predicted molar refractivity (Wildman–Crippen MR) is 560 cm³/mol. The van der Waals surface area contributed by atoms with Crippen molar-refractivity contribution >= 4 is 252 Å². The summed E-state index contributed by atoms with van der Waals surface area (Å²) in [5.74, 6) is -4.50. The lowest BCUT2D eigenvalue weighted by atomic mass is 10.1. The summed E-state index contributed by atoms with van der Waals surface area (Å²) in [6.07, 6.45) is 9.47. The number of halogens is 1. The van der Waals surface area contributed by atoms with Gasteiger partial charge in [0, 0.05) is 148 Å². The maximum absolute atomic E-state index is 13.1. The highest BCUT2D eigenvalue weighted by Gasteiger charge is 2.13. The number of hydrogen-bond donors (Lipinski definition) is 16. The molecule has 0 aliphatic carbocycles. The molecule has 24 nitrogen and oxygen atoms in total. The number of nitriles is 2. The smallest absolute Gasteiger partial charge is 0.354 e. The molecule has 2 amide bonds. The van der Waals surface area contributed by atoms with E-state index in [1.807, 2.05) is 194 Å². The Morgan fingerprint density at radius 2 is 0.640 bits per heavy atom. The Bertz CT molecular complexity index is 7640. The number of benzene rings is 10. The number of carbonyl (C=O) groups excluding carboxylic acids is 2. The lowest BCUT2D eigenvalue weighted by molar-refractivity contribution is 0.0682. The molecule has 0 atom stereocenters. The minimum absolute atomic E-state index is 0.0407. The molecular weight excluding hydrogens is 1880 g/mol. The van der Waals surface area contributed by atoms with Gasteiger partial charge >= 0.3 is 17.9 Å². The van der Waals surface area contributed by atoms with Crippen molar-refractivity contribution in [3.05, 3.63) is 366 Å². The first-order valence-electron chi connectivity index (χ1n) is 40.7. The number of thiol groups is 9. The fourth-order valence-electron chi connectivity index (χ4n) is 12.9. The molecule has 0 saturated carbocycles. The Labute approximate surface area is 827 Å². The van der Waals surface area contributed by atoms with Gasteiger partial charge in [-0.25, -0.2) is 33.7 Å². The maximum Gasteiger partial charge on any atom is 0.354 e. The quantitative estimate of drug-likeness (QED) is 0.0597. The van der Waals surface area contributed by atoms with Gasteiger partial charge < -0.3 is 38.3 Å². The van der Waals surface area contributed by atoms with Crippen molar-refractivity contribution in [3.8, 4) is 12.1 Å². The number of aryl methyl sites for hydroxylation is 1. The Kier molecular flexibility index (Phi) is 37.2. The third kappa shape index (κ3) is 27.7. The number of carbonyl (C=O) groups is 5. The van der Waals surface area contributed by atoms with E-state index in [1.54, 1.807) is 54.9 Å².